The second-order valence-electron chi connectivity index (χ2n) is 5.30. The summed E-state index contributed by atoms with van der Waals surface area (Å²) in [5, 5.41) is 9.11. The van der Waals surface area contributed by atoms with E-state index >= 15 is 0 Å². The van der Waals surface area contributed by atoms with Crippen LogP contribution in [0.15, 0.2) is 54.6 Å². The summed E-state index contributed by atoms with van der Waals surface area (Å²) >= 11 is 0. The molecule has 0 unspecified atom stereocenters. The van der Waals surface area contributed by atoms with E-state index in [9.17, 15) is 0 Å². The lowest BCUT2D eigenvalue weighted by Gasteiger charge is -2.18. The van der Waals surface area contributed by atoms with E-state index in [4.69, 9.17) is 10.1 Å². The standard InChI is InChI=1S/C18H20N2O/c1-14(15-8-3-2-4-9-15)20-17-11-6-5-10-16(17)19-18(20)12-7-13-21/h2-6,8-11,14,21H,7,12-13H2,1H3/t14-/m0/s1. The molecule has 108 valence electrons. The fourth-order valence-corrected chi connectivity index (χ4v) is 2.82. The topological polar surface area (TPSA) is 38.0 Å². The molecule has 3 rings (SSSR count). The molecular weight excluding hydrogens is 260 g/mol. The predicted molar refractivity (Wildman–Crippen MR) is 85.4 cm³/mol. The van der Waals surface area contributed by atoms with E-state index in [2.05, 4.69) is 41.8 Å². The number of aromatic nitrogens is 2. The SMILES string of the molecule is C[C@@H](c1ccccc1)n1c(CCCO)nc2ccccc21. The fraction of sp³-hybridized carbons (Fsp3) is 0.278. The van der Waals surface area contributed by atoms with E-state index in [0.717, 1.165) is 29.7 Å². The molecule has 0 bridgehead atoms. The number of hydrogen-bond acceptors (Lipinski definition) is 2. The zero-order valence-corrected chi connectivity index (χ0v) is 12.2. The minimum absolute atomic E-state index is 0.197. The Bertz CT molecular complexity index is 718. The van der Waals surface area contributed by atoms with E-state index in [1.807, 2.05) is 24.3 Å². The van der Waals surface area contributed by atoms with Gasteiger partial charge < -0.3 is 9.67 Å². The van der Waals surface area contributed by atoms with Crippen LogP contribution in [0.25, 0.3) is 11.0 Å². The Balaban J connectivity index is 2.10. The largest absolute Gasteiger partial charge is 0.396 e. The summed E-state index contributed by atoms with van der Waals surface area (Å²) < 4.78 is 2.29. The Morgan fingerprint density at radius 2 is 1.76 bits per heavy atom. The molecule has 1 atom stereocenters. The summed E-state index contributed by atoms with van der Waals surface area (Å²) in [6.45, 7) is 2.40. The van der Waals surface area contributed by atoms with Gasteiger partial charge in [-0.2, -0.15) is 0 Å². The van der Waals surface area contributed by atoms with Gasteiger partial charge in [0, 0.05) is 13.0 Å². The third-order valence-corrected chi connectivity index (χ3v) is 3.90. The second-order valence-corrected chi connectivity index (χ2v) is 5.30. The molecule has 0 aliphatic heterocycles. The predicted octanol–water partition coefficient (Wildman–Crippen LogP) is 3.57. The van der Waals surface area contributed by atoms with Crippen molar-refractivity contribution in [1.82, 2.24) is 9.55 Å². The minimum atomic E-state index is 0.197. The third-order valence-electron chi connectivity index (χ3n) is 3.90. The summed E-state index contributed by atoms with van der Waals surface area (Å²) in [4.78, 5) is 4.75. The Morgan fingerprint density at radius 1 is 1.05 bits per heavy atom. The number of aryl methyl sites for hydroxylation is 1. The van der Waals surface area contributed by atoms with E-state index in [1.165, 1.54) is 5.56 Å². The average molecular weight is 280 g/mol. The molecule has 0 amide bonds. The van der Waals surface area contributed by atoms with Crippen LogP contribution in [0.5, 0.6) is 0 Å². The molecule has 3 aromatic rings. The molecule has 0 fully saturated rings. The van der Waals surface area contributed by atoms with Crippen LogP contribution >= 0.6 is 0 Å². The van der Waals surface area contributed by atoms with Gasteiger partial charge in [0.2, 0.25) is 0 Å². The lowest BCUT2D eigenvalue weighted by molar-refractivity contribution is 0.286. The second kappa shape index (κ2) is 6.10. The van der Waals surface area contributed by atoms with Gasteiger partial charge in [-0.1, -0.05) is 42.5 Å². The average Bonchev–Trinajstić information content (AvgIpc) is 2.91. The first-order chi connectivity index (χ1) is 10.3. The van der Waals surface area contributed by atoms with Gasteiger partial charge in [-0.15, -0.1) is 0 Å². The van der Waals surface area contributed by atoms with Crippen LogP contribution in [0, 0.1) is 0 Å². The van der Waals surface area contributed by atoms with Crippen molar-refractivity contribution in [1.29, 1.82) is 0 Å². The minimum Gasteiger partial charge on any atom is -0.396 e. The molecule has 2 aromatic carbocycles. The summed E-state index contributed by atoms with van der Waals surface area (Å²) in [6, 6.07) is 18.9. The van der Waals surface area contributed by atoms with Crippen LogP contribution < -0.4 is 0 Å². The molecule has 0 aliphatic rings. The zero-order chi connectivity index (χ0) is 14.7. The van der Waals surface area contributed by atoms with Gasteiger partial charge in [0.05, 0.1) is 17.1 Å². The number of para-hydroxylation sites is 2. The van der Waals surface area contributed by atoms with Crippen LogP contribution in [0.1, 0.15) is 30.8 Å². The van der Waals surface area contributed by atoms with Gasteiger partial charge in [-0.05, 0) is 31.0 Å². The van der Waals surface area contributed by atoms with Crippen molar-refractivity contribution in [3.63, 3.8) is 0 Å². The first-order valence-corrected chi connectivity index (χ1v) is 7.43. The maximum absolute atomic E-state index is 9.11. The molecule has 3 nitrogen and oxygen atoms in total. The van der Waals surface area contributed by atoms with Crippen molar-refractivity contribution in [2.24, 2.45) is 0 Å². The fourth-order valence-electron chi connectivity index (χ4n) is 2.82. The Labute approximate surface area is 124 Å². The number of rotatable bonds is 5. The molecule has 0 radical (unpaired) electrons. The van der Waals surface area contributed by atoms with Gasteiger partial charge in [0.1, 0.15) is 5.82 Å². The highest BCUT2D eigenvalue weighted by molar-refractivity contribution is 5.76. The van der Waals surface area contributed by atoms with Gasteiger partial charge in [0.25, 0.3) is 0 Å². The highest BCUT2D eigenvalue weighted by Crippen LogP contribution is 2.26. The van der Waals surface area contributed by atoms with Gasteiger partial charge in [-0.25, -0.2) is 4.98 Å². The molecule has 21 heavy (non-hydrogen) atoms. The van der Waals surface area contributed by atoms with Crippen molar-refractivity contribution in [2.45, 2.75) is 25.8 Å². The highest BCUT2D eigenvalue weighted by Gasteiger charge is 2.16. The quantitative estimate of drug-likeness (QED) is 0.776. The van der Waals surface area contributed by atoms with Crippen LogP contribution in [-0.2, 0) is 6.42 Å². The third kappa shape index (κ3) is 2.69. The molecule has 0 aliphatic carbocycles. The maximum Gasteiger partial charge on any atom is 0.110 e. The summed E-state index contributed by atoms with van der Waals surface area (Å²) in [6.07, 6.45) is 1.53. The van der Waals surface area contributed by atoms with Gasteiger partial charge in [-0.3, -0.25) is 0 Å². The molecule has 0 saturated heterocycles. The number of fused-ring (bicyclic) bond motifs is 1. The normalized spacial score (nSPS) is 12.7. The van der Waals surface area contributed by atoms with Crippen molar-refractivity contribution < 1.29 is 5.11 Å². The van der Waals surface area contributed by atoms with Crippen molar-refractivity contribution in [3.05, 3.63) is 66.0 Å². The van der Waals surface area contributed by atoms with E-state index in [-0.39, 0.29) is 12.6 Å². The van der Waals surface area contributed by atoms with Crippen molar-refractivity contribution in [3.8, 4) is 0 Å². The van der Waals surface area contributed by atoms with E-state index < -0.39 is 0 Å². The summed E-state index contributed by atoms with van der Waals surface area (Å²) in [5.74, 6) is 1.04. The number of aliphatic hydroxyl groups is 1. The van der Waals surface area contributed by atoms with E-state index in [0.29, 0.717) is 0 Å². The lowest BCUT2D eigenvalue weighted by Crippen LogP contribution is -2.11. The molecule has 1 heterocycles. The van der Waals surface area contributed by atoms with Crippen LogP contribution in [0.4, 0.5) is 0 Å². The molecule has 0 saturated carbocycles. The molecule has 0 spiro atoms. The van der Waals surface area contributed by atoms with E-state index in [1.54, 1.807) is 0 Å². The number of hydrogen-bond donors (Lipinski definition) is 1. The summed E-state index contributed by atoms with van der Waals surface area (Å²) in [5.41, 5.74) is 3.45. The Hall–Kier alpha value is -2.13. The molecular formula is C18H20N2O. The van der Waals surface area contributed by atoms with Crippen LogP contribution in [-0.4, -0.2) is 21.3 Å². The van der Waals surface area contributed by atoms with Crippen molar-refractivity contribution >= 4 is 11.0 Å². The Morgan fingerprint density at radius 3 is 2.52 bits per heavy atom. The molecule has 3 heteroatoms. The Kier molecular flexibility index (Phi) is 4.02. The lowest BCUT2D eigenvalue weighted by atomic mass is 10.1. The van der Waals surface area contributed by atoms with Crippen LogP contribution in [0.2, 0.25) is 0 Å². The first-order valence-electron chi connectivity index (χ1n) is 7.43. The van der Waals surface area contributed by atoms with Gasteiger partial charge >= 0.3 is 0 Å². The van der Waals surface area contributed by atoms with Crippen LogP contribution in [0.3, 0.4) is 0 Å². The number of aliphatic hydroxyl groups excluding tert-OH is 1. The van der Waals surface area contributed by atoms with Crippen molar-refractivity contribution in [2.75, 3.05) is 6.61 Å². The maximum atomic E-state index is 9.11. The summed E-state index contributed by atoms with van der Waals surface area (Å²) in [7, 11) is 0. The van der Waals surface area contributed by atoms with Gasteiger partial charge in [0.15, 0.2) is 0 Å². The highest BCUT2D eigenvalue weighted by atomic mass is 16.2. The first kappa shape index (κ1) is 13.8. The molecule has 1 aromatic heterocycles. The zero-order valence-electron chi connectivity index (χ0n) is 12.2. The number of imidazole rings is 1. The smallest absolute Gasteiger partial charge is 0.110 e. The molecule has 1 N–H and O–H groups in total. The monoisotopic (exact) mass is 280 g/mol. The number of benzene rings is 2. The number of nitrogens with zero attached hydrogens (tertiary/aromatic N) is 2.